The van der Waals surface area contributed by atoms with Gasteiger partial charge in [-0.1, -0.05) is 0 Å². The van der Waals surface area contributed by atoms with Gasteiger partial charge < -0.3 is 10.6 Å². The van der Waals surface area contributed by atoms with Crippen molar-refractivity contribution in [2.24, 2.45) is 4.99 Å². The average Bonchev–Trinajstić information content (AvgIpc) is 1.95. The van der Waals surface area contributed by atoms with E-state index in [1.807, 2.05) is 0 Å². The fourth-order valence-corrected chi connectivity index (χ4v) is 0.707. The van der Waals surface area contributed by atoms with Crippen LogP contribution >= 0.6 is 0 Å². The molecule has 0 aromatic carbocycles. The number of nitrogens with one attached hydrogen (secondary N) is 2. The van der Waals surface area contributed by atoms with E-state index in [1.54, 1.807) is 14.0 Å². The minimum Gasteiger partial charge on any atom is -0.347 e. The Morgan fingerprint density at radius 2 is 2.40 bits per heavy atom. The van der Waals surface area contributed by atoms with Gasteiger partial charge in [-0.15, -0.1) is 0 Å². The minimum atomic E-state index is -0.264. The summed E-state index contributed by atoms with van der Waals surface area (Å²) in [5.41, 5.74) is 0. The lowest BCUT2D eigenvalue weighted by Gasteiger charge is -2.19. The van der Waals surface area contributed by atoms with E-state index in [1.165, 1.54) is 6.20 Å². The highest BCUT2D eigenvalue weighted by Gasteiger charge is 2.13. The Bertz CT molecular complexity index is 185. The number of rotatable bonds is 0. The summed E-state index contributed by atoms with van der Waals surface area (Å²) in [5, 5.41) is 5.46. The molecule has 3 nitrogen and oxygen atoms in total. The first-order valence-electron chi connectivity index (χ1n) is 3.09. The lowest BCUT2D eigenvalue weighted by molar-refractivity contribution is 0.514. The van der Waals surface area contributed by atoms with Gasteiger partial charge in [0.15, 0.2) is 5.96 Å². The van der Waals surface area contributed by atoms with Crippen LogP contribution in [-0.2, 0) is 0 Å². The quantitative estimate of drug-likeness (QED) is 0.514. The number of aliphatic imine (C=N–C) groups is 1. The van der Waals surface area contributed by atoms with Gasteiger partial charge in [0.1, 0.15) is 5.83 Å². The third kappa shape index (κ3) is 1.26. The summed E-state index contributed by atoms with van der Waals surface area (Å²) < 4.78 is 12.6. The van der Waals surface area contributed by atoms with Gasteiger partial charge >= 0.3 is 0 Å². The minimum absolute atomic E-state index is 0.201. The monoisotopic (exact) mass is 143 g/mol. The van der Waals surface area contributed by atoms with Crippen molar-refractivity contribution < 1.29 is 4.39 Å². The lowest BCUT2D eigenvalue weighted by Crippen LogP contribution is -2.44. The molecule has 2 N–H and O–H groups in total. The number of hydrogen-bond donors (Lipinski definition) is 2. The molecule has 0 amide bonds. The molecule has 0 fully saturated rings. The van der Waals surface area contributed by atoms with Crippen molar-refractivity contribution in [2.45, 2.75) is 13.0 Å². The second-order valence-electron chi connectivity index (χ2n) is 2.11. The number of hydrogen-bond acceptors (Lipinski definition) is 1. The zero-order chi connectivity index (χ0) is 7.56. The molecule has 1 heterocycles. The Morgan fingerprint density at radius 1 is 1.70 bits per heavy atom. The van der Waals surface area contributed by atoms with Crippen LogP contribution in [0.1, 0.15) is 6.92 Å². The second kappa shape index (κ2) is 2.68. The van der Waals surface area contributed by atoms with Crippen LogP contribution in [0.25, 0.3) is 0 Å². The van der Waals surface area contributed by atoms with Crippen molar-refractivity contribution >= 4 is 5.96 Å². The molecular formula is C6H10FN3. The van der Waals surface area contributed by atoms with E-state index >= 15 is 0 Å². The average molecular weight is 143 g/mol. The van der Waals surface area contributed by atoms with Gasteiger partial charge in [-0.3, -0.25) is 4.99 Å². The predicted octanol–water partition coefficient (Wildman–Crippen LogP) is 0.364. The molecule has 0 spiro atoms. The molecule has 10 heavy (non-hydrogen) atoms. The van der Waals surface area contributed by atoms with Crippen LogP contribution in [0, 0.1) is 0 Å². The van der Waals surface area contributed by atoms with E-state index in [-0.39, 0.29) is 11.9 Å². The topological polar surface area (TPSA) is 36.4 Å². The Balaban J connectivity index is 2.68. The fraction of sp³-hybridized carbons (Fsp3) is 0.500. The number of guanidine groups is 1. The Morgan fingerprint density at radius 3 is 2.90 bits per heavy atom. The summed E-state index contributed by atoms with van der Waals surface area (Å²) in [7, 11) is 1.64. The first-order chi connectivity index (χ1) is 4.74. The van der Waals surface area contributed by atoms with Crippen molar-refractivity contribution in [3.63, 3.8) is 0 Å². The molecule has 56 valence electrons. The van der Waals surface area contributed by atoms with Crippen LogP contribution in [-0.4, -0.2) is 19.0 Å². The maximum absolute atomic E-state index is 12.6. The molecule has 0 saturated heterocycles. The molecule has 0 aromatic heterocycles. The Labute approximate surface area is 59.0 Å². The van der Waals surface area contributed by atoms with Crippen molar-refractivity contribution in [2.75, 3.05) is 7.05 Å². The summed E-state index contributed by atoms with van der Waals surface area (Å²) in [6, 6.07) is -0.264. The molecule has 0 aliphatic carbocycles. The molecule has 0 aromatic rings. The van der Waals surface area contributed by atoms with E-state index < -0.39 is 0 Å². The fourth-order valence-electron chi connectivity index (χ4n) is 0.707. The molecular weight excluding hydrogens is 133 g/mol. The standard InChI is InChI=1S/C6H10FN3/c1-4-5(7)3-9-6(8-2)10-4/h3-4H,1-2H3,(H2,8,9,10). The summed E-state index contributed by atoms with van der Waals surface area (Å²) >= 11 is 0. The van der Waals surface area contributed by atoms with Crippen LogP contribution in [0.3, 0.4) is 0 Å². The summed E-state index contributed by atoms with van der Waals surface area (Å²) in [6.45, 7) is 1.73. The largest absolute Gasteiger partial charge is 0.347 e. The zero-order valence-electron chi connectivity index (χ0n) is 5.98. The van der Waals surface area contributed by atoms with Crippen LogP contribution in [0.15, 0.2) is 17.0 Å². The number of nitrogens with zero attached hydrogens (tertiary/aromatic N) is 1. The van der Waals surface area contributed by atoms with Gasteiger partial charge in [-0.05, 0) is 6.92 Å². The highest BCUT2D eigenvalue weighted by Crippen LogP contribution is 2.04. The van der Waals surface area contributed by atoms with E-state index in [4.69, 9.17) is 0 Å². The zero-order valence-corrected chi connectivity index (χ0v) is 5.98. The van der Waals surface area contributed by atoms with Crippen molar-refractivity contribution in [1.82, 2.24) is 10.6 Å². The van der Waals surface area contributed by atoms with E-state index in [0.717, 1.165) is 0 Å². The smallest absolute Gasteiger partial charge is 0.195 e. The molecule has 4 heteroatoms. The van der Waals surface area contributed by atoms with Gasteiger partial charge in [0, 0.05) is 13.2 Å². The SMILES string of the molecule is CN=C1NC=C(F)C(C)N1. The van der Waals surface area contributed by atoms with E-state index in [0.29, 0.717) is 5.96 Å². The summed E-state index contributed by atoms with van der Waals surface area (Å²) in [6.07, 6.45) is 1.31. The molecule has 0 saturated carbocycles. The van der Waals surface area contributed by atoms with Crippen LogP contribution in [0.5, 0.6) is 0 Å². The summed E-state index contributed by atoms with van der Waals surface area (Å²) in [4.78, 5) is 3.82. The predicted molar refractivity (Wildman–Crippen MR) is 38.3 cm³/mol. The normalized spacial score (nSPS) is 28.9. The first-order valence-corrected chi connectivity index (χ1v) is 3.09. The van der Waals surface area contributed by atoms with E-state index in [2.05, 4.69) is 15.6 Å². The van der Waals surface area contributed by atoms with Gasteiger partial charge in [0.25, 0.3) is 0 Å². The highest BCUT2D eigenvalue weighted by atomic mass is 19.1. The van der Waals surface area contributed by atoms with Gasteiger partial charge in [0.05, 0.1) is 6.04 Å². The van der Waals surface area contributed by atoms with Crippen molar-refractivity contribution in [3.8, 4) is 0 Å². The molecule has 1 aliphatic rings. The molecule has 1 atom stereocenters. The van der Waals surface area contributed by atoms with Crippen molar-refractivity contribution in [3.05, 3.63) is 12.0 Å². The molecule has 1 aliphatic heterocycles. The van der Waals surface area contributed by atoms with E-state index in [9.17, 15) is 4.39 Å². The van der Waals surface area contributed by atoms with Crippen molar-refractivity contribution in [1.29, 1.82) is 0 Å². The maximum atomic E-state index is 12.6. The third-order valence-electron chi connectivity index (χ3n) is 1.34. The van der Waals surface area contributed by atoms with Crippen LogP contribution < -0.4 is 10.6 Å². The van der Waals surface area contributed by atoms with Crippen LogP contribution in [0.4, 0.5) is 4.39 Å². The molecule has 1 unspecified atom stereocenters. The highest BCUT2D eigenvalue weighted by molar-refractivity contribution is 5.82. The van der Waals surface area contributed by atoms with Gasteiger partial charge in [-0.25, -0.2) is 4.39 Å². The van der Waals surface area contributed by atoms with Gasteiger partial charge in [0.2, 0.25) is 0 Å². The third-order valence-corrected chi connectivity index (χ3v) is 1.34. The second-order valence-corrected chi connectivity index (χ2v) is 2.11. The van der Waals surface area contributed by atoms with Crippen LogP contribution in [0.2, 0.25) is 0 Å². The lowest BCUT2D eigenvalue weighted by atomic mass is 10.3. The molecule has 0 radical (unpaired) electrons. The maximum Gasteiger partial charge on any atom is 0.195 e. The Kier molecular flexibility index (Phi) is 1.89. The number of halogens is 1. The van der Waals surface area contributed by atoms with Gasteiger partial charge in [-0.2, -0.15) is 0 Å². The summed E-state index contributed by atoms with van der Waals surface area (Å²) in [5.74, 6) is 0.404. The molecule has 1 rings (SSSR count). The first kappa shape index (κ1) is 7.05. The Hall–Kier alpha value is -1.06. The molecule has 0 bridgehead atoms.